The average molecular weight is 664 g/mol. The zero-order chi connectivity index (χ0) is 34.9. The summed E-state index contributed by atoms with van der Waals surface area (Å²) >= 11 is 0. The Morgan fingerprint density at radius 2 is 0.846 bits per heavy atom. The number of rotatable bonds is 6. The molecule has 9 rings (SSSR count). The van der Waals surface area contributed by atoms with Crippen molar-refractivity contribution >= 4 is 21.7 Å². The highest BCUT2D eigenvalue weighted by atomic mass is 15.0. The van der Waals surface area contributed by atoms with Gasteiger partial charge >= 0.3 is 0 Å². The normalized spacial score (nSPS) is 11.1. The molecule has 5 nitrogen and oxygen atoms in total. The summed E-state index contributed by atoms with van der Waals surface area (Å²) in [6.07, 6.45) is 0. The van der Waals surface area contributed by atoms with Gasteiger partial charge in [0.05, 0.1) is 22.8 Å². The van der Waals surface area contributed by atoms with Crippen molar-refractivity contribution in [2.75, 3.05) is 0 Å². The largest absolute Gasteiger partial charge is 0.247 e. The van der Waals surface area contributed by atoms with E-state index in [9.17, 15) is 5.26 Å². The zero-order valence-electron chi connectivity index (χ0n) is 28.0. The summed E-state index contributed by atoms with van der Waals surface area (Å²) in [5.41, 5.74) is 10.3. The number of nitriles is 1. The van der Waals surface area contributed by atoms with Crippen LogP contribution in [0.3, 0.4) is 0 Å². The molecule has 0 aliphatic carbocycles. The lowest BCUT2D eigenvalue weighted by Crippen LogP contribution is -2.00. The lowest BCUT2D eigenvalue weighted by Gasteiger charge is -2.17. The van der Waals surface area contributed by atoms with Gasteiger partial charge in [0.25, 0.3) is 0 Å². The topological polar surface area (TPSA) is 75.3 Å². The minimum atomic E-state index is 0.607. The van der Waals surface area contributed by atoms with Crippen LogP contribution in [0.1, 0.15) is 5.56 Å². The van der Waals surface area contributed by atoms with Crippen LogP contribution in [0.2, 0.25) is 0 Å². The summed E-state index contributed by atoms with van der Waals surface area (Å²) in [6, 6.07) is 61.7. The molecule has 0 aliphatic rings. The predicted molar refractivity (Wildman–Crippen MR) is 210 cm³/mol. The van der Waals surface area contributed by atoms with Gasteiger partial charge in [0.15, 0.2) is 17.5 Å². The van der Waals surface area contributed by atoms with Gasteiger partial charge in [-0.05, 0) is 51.7 Å². The van der Waals surface area contributed by atoms with Crippen molar-refractivity contribution in [3.05, 3.63) is 181 Å². The van der Waals surface area contributed by atoms with Gasteiger partial charge in [0.1, 0.15) is 0 Å². The fourth-order valence-electron chi connectivity index (χ4n) is 6.75. The second-order valence-corrected chi connectivity index (χ2v) is 12.6. The van der Waals surface area contributed by atoms with E-state index in [0.29, 0.717) is 23.0 Å². The van der Waals surface area contributed by atoms with E-state index >= 15 is 0 Å². The molecule has 0 aliphatic heterocycles. The van der Waals surface area contributed by atoms with E-state index in [1.165, 1.54) is 0 Å². The summed E-state index contributed by atoms with van der Waals surface area (Å²) in [7, 11) is 0. The van der Waals surface area contributed by atoms with Crippen molar-refractivity contribution in [3.63, 3.8) is 0 Å². The van der Waals surface area contributed by atoms with E-state index in [0.717, 1.165) is 71.9 Å². The van der Waals surface area contributed by atoms with Crippen molar-refractivity contribution in [2.24, 2.45) is 0 Å². The first-order chi connectivity index (χ1) is 25.7. The van der Waals surface area contributed by atoms with Crippen LogP contribution in [-0.4, -0.2) is 19.9 Å². The van der Waals surface area contributed by atoms with Gasteiger partial charge in [-0.25, -0.2) is 19.9 Å². The highest BCUT2D eigenvalue weighted by Crippen LogP contribution is 2.41. The van der Waals surface area contributed by atoms with Crippen LogP contribution in [0.4, 0.5) is 0 Å². The molecule has 0 bridgehead atoms. The number of hydrogen-bond acceptors (Lipinski definition) is 5. The Morgan fingerprint density at radius 1 is 0.385 bits per heavy atom. The summed E-state index contributed by atoms with van der Waals surface area (Å²) in [5, 5.41) is 12.8. The van der Waals surface area contributed by atoms with Gasteiger partial charge in [-0.2, -0.15) is 5.26 Å². The van der Waals surface area contributed by atoms with E-state index in [1.54, 1.807) is 0 Å². The van der Waals surface area contributed by atoms with Crippen LogP contribution < -0.4 is 0 Å². The third kappa shape index (κ3) is 5.75. The van der Waals surface area contributed by atoms with Gasteiger partial charge < -0.3 is 0 Å². The average Bonchev–Trinajstić information content (AvgIpc) is 3.24. The van der Waals surface area contributed by atoms with E-state index in [2.05, 4.69) is 91.0 Å². The van der Waals surface area contributed by atoms with Crippen molar-refractivity contribution in [1.29, 1.82) is 5.26 Å². The standard InChI is InChI=1S/C47H29N5/c48-30-31-20-22-34(23-21-31)42-29-40(32-12-4-1-5-13-32)43-39-19-11-10-18-38(39)28-41(44(43)49-42)33-24-26-37(27-25-33)47-51-45(35-14-6-2-7-15-35)50-46(52-47)36-16-8-3-9-17-36/h1-29H. The molecule has 0 radical (unpaired) electrons. The maximum Gasteiger partial charge on any atom is 0.164 e. The third-order valence-electron chi connectivity index (χ3n) is 9.35. The minimum Gasteiger partial charge on any atom is -0.247 e. The number of pyridine rings is 1. The molecule has 242 valence electrons. The van der Waals surface area contributed by atoms with Crippen molar-refractivity contribution < 1.29 is 0 Å². The Hall–Kier alpha value is -7.29. The van der Waals surface area contributed by atoms with Crippen molar-refractivity contribution in [2.45, 2.75) is 0 Å². The van der Waals surface area contributed by atoms with Crippen LogP contribution in [0.5, 0.6) is 0 Å². The van der Waals surface area contributed by atoms with Gasteiger partial charge in [-0.1, -0.05) is 152 Å². The van der Waals surface area contributed by atoms with Gasteiger partial charge in [0.2, 0.25) is 0 Å². The molecule has 2 heterocycles. The van der Waals surface area contributed by atoms with Crippen molar-refractivity contribution in [3.8, 4) is 73.7 Å². The Kier molecular flexibility index (Phi) is 7.81. The second-order valence-electron chi connectivity index (χ2n) is 12.6. The smallest absolute Gasteiger partial charge is 0.164 e. The lowest BCUT2D eigenvalue weighted by atomic mass is 9.90. The highest BCUT2D eigenvalue weighted by molar-refractivity contribution is 6.18. The van der Waals surface area contributed by atoms with E-state index in [-0.39, 0.29) is 0 Å². The number of benzene rings is 7. The maximum absolute atomic E-state index is 9.44. The van der Waals surface area contributed by atoms with Crippen LogP contribution in [0.15, 0.2) is 176 Å². The number of nitrogens with zero attached hydrogens (tertiary/aromatic N) is 5. The fraction of sp³-hybridized carbons (Fsp3) is 0. The summed E-state index contributed by atoms with van der Waals surface area (Å²) < 4.78 is 0. The molecule has 0 fully saturated rings. The molecular weight excluding hydrogens is 635 g/mol. The van der Waals surface area contributed by atoms with Gasteiger partial charge in [-0.15, -0.1) is 0 Å². The Morgan fingerprint density at radius 3 is 1.42 bits per heavy atom. The molecule has 7 aromatic carbocycles. The molecule has 0 atom stereocenters. The Balaban J connectivity index is 1.24. The molecule has 0 saturated carbocycles. The zero-order valence-corrected chi connectivity index (χ0v) is 28.0. The van der Waals surface area contributed by atoms with Crippen LogP contribution >= 0.6 is 0 Å². The molecule has 0 N–H and O–H groups in total. The predicted octanol–water partition coefficient (Wildman–Crippen LogP) is 11.4. The minimum absolute atomic E-state index is 0.607. The first-order valence-electron chi connectivity index (χ1n) is 17.1. The number of hydrogen-bond donors (Lipinski definition) is 0. The molecule has 0 amide bonds. The van der Waals surface area contributed by atoms with Crippen LogP contribution in [-0.2, 0) is 0 Å². The SMILES string of the molecule is N#Cc1ccc(-c2cc(-c3ccccc3)c3c(n2)c(-c2ccc(-c4nc(-c5ccccc5)nc(-c5ccccc5)n4)cc2)cc2ccccc23)cc1. The van der Waals surface area contributed by atoms with E-state index in [4.69, 9.17) is 19.9 Å². The molecule has 0 spiro atoms. The fourth-order valence-corrected chi connectivity index (χ4v) is 6.75. The Bertz CT molecular complexity index is 2700. The van der Waals surface area contributed by atoms with Crippen molar-refractivity contribution in [1.82, 2.24) is 19.9 Å². The first kappa shape index (κ1) is 30.7. The lowest BCUT2D eigenvalue weighted by molar-refractivity contribution is 1.07. The van der Waals surface area contributed by atoms with E-state index < -0.39 is 0 Å². The second kappa shape index (κ2) is 13.2. The molecular formula is C47H29N5. The first-order valence-corrected chi connectivity index (χ1v) is 17.1. The molecule has 52 heavy (non-hydrogen) atoms. The van der Waals surface area contributed by atoms with Gasteiger partial charge in [-0.3, -0.25) is 0 Å². The molecule has 9 aromatic rings. The summed E-state index contributed by atoms with van der Waals surface area (Å²) in [4.78, 5) is 20.1. The molecule has 0 saturated heterocycles. The quantitative estimate of drug-likeness (QED) is 0.166. The summed E-state index contributed by atoms with van der Waals surface area (Å²) in [5.74, 6) is 1.86. The molecule has 2 aromatic heterocycles. The van der Waals surface area contributed by atoms with Crippen LogP contribution in [0, 0.1) is 11.3 Å². The highest BCUT2D eigenvalue weighted by Gasteiger charge is 2.18. The number of aromatic nitrogens is 4. The molecule has 0 unspecified atom stereocenters. The maximum atomic E-state index is 9.44. The third-order valence-corrected chi connectivity index (χ3v) is 9.35. The Labute approximate surface area is 301 Å². The van der Waals surface area contributed by atoms with Crippen LogP contribution in [0.25, 0.3) is 89.4 Å². The van der Waals surface area contributed by atoms with Gasteiger partial charge in [0, 0.05) is 33.2 Å². The van der Waals surface area contributed by atoms with E-state index in [1.807, 2.05) is 91.0 Å². The molecule has 5 heteroatoms. The number of fused-ring (bicyclic) bond motifs is 3. The summed E-state index contributed by atoms with van der Waals surface area (Å²) in [6.45, 7) is 0. The monoisotopic (exact) mass is 663 g/mol.